The van der Waals surface area contributed by atoms with Gasteiger partial charge in [-0.25, -0.2) is 4.79 Å². The van der Waals surface area contributed by atoms with Crippen LogP contribution in [0.25, 0.3) is 0 Å². The molecule has 2 N–H and O–H groups in total. The minimum atomic E-state index is -0.801. The Hall–Kier alpha value is -2.87. The molecule has 0 spiro atoms. The summed E-state index contributed by atoms with van der Waals surface area (Å²) < 4.78 is 10.2. The maximum absolute atomic E-state index is 12.5. The SMILES string of the molecule is CCOC(=O)NC(=O)c1c(NC(=O)COc2ccccc2)sc2c1CCC2. The van der Waals surface area contributed by atoms with Gasteiger partial charge in [0.1, 0.15) is 10.8 Å². The van der Waals surface area contributed by atoms with Crippen LogP contribution in [-0.2, 0) is 22.4 Å². The van der Waals surface area contributed by atoms with Gasteiger partial charge in [0.2, 0.25) is 0 Å². The number of nitrogens with one attached hydrogen (secondary N) is 2. The Kier molecular flexibility index (Phi) is 6.08. The van der Waals surface area contributed by atoms with E-state index in [2.05, 4.69) is 10.6 Å². The first-order valence-corrected chi connectivity index (χ1v) is 9.50. The first kappa shape index (κ1) is 18.9. The lowest BCUT2D eigenvalue weighted by Crippen LogP contribution is -2.32. The molecule has 1 heterocycles. The molecule has 0 saturated heterocycles. The molecule has 142 valence electrons. The molecular formula is C19H20N2O5S. The topological polar surface area (TPSA) is 93.7 Å². The number of para-hydroxylation sites is 1. The van der Waals surface area contributed by atoms with Gasteiger partial charge in [-0.05, 0) is 43.9 Å². The average Bonchev–Trinajstić information content (AvgIpc) is 3.21. The number of anilines is 1. The molecule has 0 saturated carbocycles. The summed E-state index contributed by atoms with van der Waals surface area (Å²) in [6.45, 7) is 1.65. The van der Waals surface area contributed by atoms with E-state index in [9.17, 15) is 14.4 Å². The van der Waals surface area contributed by atoms with E-state index in [1.165, 1.54) is 11.3 Å². The number of hydrogen-bond donors (Lipinski definition) is 2. The first-order chi connectivity index (χ1) is 13.1. The van der Waals surface area contributed by atoms with E-state index >= 15 is 0 Å². The van der Waals surface area contributed by atoms with Crippen molar-refractivity contribution in [3.8, 4) is 5.75 Å². The Morgan fingerprint density at radius 2 is 1.93 bits per heavy atom. The van der Waals surface area contributed by atoms with E-state index in [1.807, 2.05) is 18.2 Å². The maximum Gasteiger partial charge on any atom is 0.414 e. The number of thiophene rings is 1. The zero-order chi connectivity index (χ0) is 19.2. The summed E-state index contributed by atoms with van der Waals surface area (Å²) in [6, 6.07) is 8.99. The fourth-order valence-corrected chi connectivity index (χ4v) is 4.19. The van der Waals surface area contributed by atoms with Crippen molar-refractivity contribution in [2.45, 2.75) is 26.2 Å². The van der Waals surface area contributed by atoms with Crippen LogP contribution in [0.2, 0.25) is 0 Å². The maximum atomic E-state index is 12.5. The molecule has 1 aliphatic carbocycles. The zero-order valence-corrected chi connectivity index (χ0v) is 15.7. The molecule has 1 aromatic heterocycles. The van der Waals surface area contributed by atoms with E-state index in [0.717, 1.165) is 29.7 Å². The molecule has 8 heteroatoms. The smallest absolute Gasteiger partial charge is 0.414 e. The lowest BCUT2D eigenvalue weighted by atomic mass is 10.1. The minimum absolute atomic E-state index is 0.168. The van der Waals surface area contributed by atoms with Gasteiger partial charge < -0.3 is 14.8 Å². The number of carbonyl (C=O) groups excluding carboxylic acids is 3. The van der Waals surface area contributed by atoms with E-state index < -0.39 is 12.0 Å². The molecule has 0 aliphatic heterocycles. The number of hydrogen-bond acceptors (Lipinski definition) is 6. The van der Waals surface area contributed by atoms with Crippen LogP contribution in [0, 0.1) is 0 Å². The normalized spacial score (nSPS) is 12.2. The van der Waals surface area contributed by atoms with Crippen LogP contribution in [0.5, 0.6) is 5.75 Å². The third kappa shape index (κ3) is 4.65. The second-order valence-corrected chi connectivity index (χ2v) is 6.99. The highest BCUT2D eigenvalue weighted by molar-refractivity contribution is 7.17. The number of aryl methyl sites for hydroxylation is 1. The van der Waals surface area contributed by atoms with Crippen molar-refractivity contribution in [2.24, 2.45) is 0 Å². The molecule has 1 aliphatic rings. The Morgan fingerprint density at radius 3 is 2.67 bits per heavy atom. The van der Waals surface area contributed by atoms with Gasteiger partial charge in [0.15, 0.2) is 6.61 Å². The van der Waals surface area contributed by atoms with Crippen LogP contribution in [0.3, 0.4) is 0 Å². The summed E-state index contributed by atoms with van der Waals surface area (Å²) in [6.07, 6.45) is 1.75. The second kappa shape index (κ2) is 8.68. The van der Waals surface area contributed by atoms with Crippen molar-refractivity contribution in [3.05, 3.63) is 46.3 Å². The van der Waals surface area contributed by atoms with Gasteiger partial charge in [0.05, 0.1) is 12.2 Å². The standard InChI is InChI=1S/C19H20N2O5S/c1-2-25-19(24)21-17(23)16-13-9-6-10-14(13)27-18(16)20-15(22)11-26-12-7-4-3-5-8-12/h3-5,7-8H,2,6,9-11H2,1H3,(H,20,22)(H,21,23,24). The molecule has 27 heavy (non-hydrogen) atoms. The molecule has 0 fully saturated rings. The van der Waals surface area contributed by atoms with Crippen LogP contribution >= 0.6 is 11.3 Å². The van der Waals surface area contributed by atoms with Crippen LogP contribution in [-0.4, -0.2) is 31.1 Å². The van der Waals surface area contributed by atoms with Crippen molar-refractivity contribution in [2.75, 3.05) is 18.5 Å². The highest BCUT2D eigenvalue weighted by atomic mass is 32.1. The molecule has 0 bridgehead atoms. The highest BCUT2D eigenvalue weighted by Crippen LogP contribution is 2.39. The van der Waals surface area contributed by atoms with Crippen molar-refractivity contribution >= 4 is 34.2 Å². The van der Waals surface area contributed by atoms with Gasteiger partial charge in [-0.1, -0.05) is 18.2 Å². The molecule has 3 rings (SSSR count). The third-order valence-corrected chi connectivity index (χ3v) is 5.21. The van der Waals surface area contributed by atoms with E-state index in [-0.39, 0.29) is 19.1 Å². The molecule has 3 amide bonds. The Bertz CT molecular complexity index is 847. The summed E-state index contributed by atoms with van der Waals surface area (Å²) in [5.41, 5.74) is 1.23. The Morgan fingerprint density at radius 1 is 1.15 bits per heavy atom. The Labute approximate surface area is 160 Å². The molecule has 2 aromatic rings. The number of fused-ring (bicyclic) bond motifs is 1. The fraction of sp³-hybridized carbons (Fsp3) is 0.316. The van der Waals surface area contributed by atoms with Crippen LogP contribution < -0.4 is 15.4 Å². The van der Waals surface area contributed by atoms with E-state index in [4.69, 9.17) is 9.47 Å². The molecule has 0 atom stereocenters. The van der Waals surface area contributed by atoms with Gasteiger partial charge in [-0.15, -0.1) is 11.3 Å². The van der Waals surface area contributed by atoms with E-state index in [0.29, 0.717) is 16.3 Å². The molecule has 0 radical (unpaired) electrons. The second-order valence-electron chi connectivity index (χ2n) is 5.89. The van der Waals surface area contributed by atoms with Crippen molar-refractivity contribution in [1.29, 1.82) is 0 Å². The van der Waals surface area contributed by atoms with Gasteiger partial charge in [-0.2, -0.15) is 0 Å². The summed E-state index contributed by atoms with van der Waals surface area (Å²) in [5.74, 6) is -0.349. The van der Waals surface area contributed by atoms with Crippen molar-refractivity contribution in [3.63, 3.8) is 0 Å². The van der Waals surface area contributed by atoms with Gasteiger partial charge in [0, 0.05) is 4.88 Å². The minimum Gasteiger partial charge on any atom is -0.484 e. The van der Waals surface area contributed by atoms with Crippen LogP contribution in [0.4, 0.5) is 9.80 Å². The first-order valence-electron chi connectivity index (χ1n) is 8.68. The monoisotopic (exact) mass is 388 g/mol. The Balaban J connectivity index is 1.70. The van der Waals surface area contributed by atoms with Gasteiger partial charge in [-0.3, -0.25) is 14.9 Å². The summed E-state index contributed by atoms with van der Waals surface area (Å²) in [5, 5.41) is 5.38. The summed E-state index contributed by atoms with van der Waals surface area (Å²) in [4.78, 5) is 37.4. The number of imide groups is 1. The van der Waals surface area contributed by atoms with Crippen LogP contribution in [0.15, 0.2) is 30.3 Å². The number of amides is 3. The van der Waals surface area contributed by atoms with Crippen LogP contribution in [0.1, 0.15) is 34.1 Å². The quantitative estimate of drug-likeness (QED) is 0.793. The number of benzene rings is 1. The number of rotatable bonds is 6. The lowest BCUT2D eigenvalue weighted by Gasteiger charge is -2.09. The average molecular weight is 388 g/mol. The molecule has 0 unspecified atom stereocenters. The van der Waals surface area contributed by atoms with Gasteiger partial charge in [0.25, 0.3) is 11.8 Å². The van der Waals surface area contributed by atoms with Gasteiger partial charge >= 0.3 is 6.09 Å². The zero-order valence-electron chi connectivity index (χ0n) is 14.9. The predicted octanol–water partition coefficient (Wildman–Crippen LogP) is 3.14. The molecule has 7 nitrogen and oxygen atoms in total. The number of alkyl carbamates (subject to hydrolysis) is 1. The molecular weight excluding hydrogens is 368 g/mol. The summed E-state index contributed by atoms with van der Waals surface area (Å²) in [7, 11) is 0. The van der Waals surface area contributed by atoms with Crippen molar-refractivity contribution in [1.82, 2.24) is 5.32 Å². The largest absolute Gasteiger partial charge is 0.484 e. The van der Waals surface area contributed by atoms with E-state index in [1.54, 1.807) is 19.1 Å². The van der Waals surface area contributed by atoms with Crippen molar-refractivity contribution < 1.29 is 23.9 Å². The molecule has 1 aromatic carbocycles. The summed E-state index contributed by atoms with van der Waals surface area (Å²) >= 11 is 1.37. The third-order valence-electron chi connectivity index (χ3n) is 4.01. The number of carbonyl (C=O) groups is 3. The lowest BCUT2D eigenvalue weighted by molar-refractivity contribution is -0.118. The number of ether oxygens (including phenoxy) is 2. The predicted molar refractivity (Wildman–Crippen MR) is 101 cm³/mol. The fourth-order valence-electron chi connectivity index (χ4n) is 2.88. The highest BCUT2D eigenvalue weighted by Gasteiger charge is 2.28.